The molecule has 0 saturated carbocycles. The number of amides is 1. The standard InChI is InChI=1S/C23H17BrN4O.C2H4O2/c24-20-13-11-18(12-14-20)23(29)26-25-15-19-16-28(21-9-5-2-6-10-21)27-22(19)17-7-3-1-4-8-17;1-2(3)4/h1-16H,(H,26,29);1H3,(H,3,4). The van der Waals surface area contributed by atoms with Crippen LogP contribution in [0.2, 0.25) is 0 Å². The third-order valence-electron chi connectivity index (χ3n) is 4.29. The van der Waals surface area contributed by atoms with E-state index in [-0.39, 0.29) is 5.91 Å². The number of para-hydroxylation sites is 1. The third kappa shape index (κ3) is 6.98. The van der Waals surface area contributed by atoms with Gasteiger partial charge in [0.15, 0.2) is 0 Å². The molecular formula is C25H21BrN4O3. The summed E-state index contributed by atoms with van der Waals surface area (Å²) in [6, 6.07) is 26.8. The number of rotatable bonds is 5. The zero-order chi connectivity index (χ0) is 23.6. The summed E-state index contributed by atoms with van der Waals surface area (Å²) in [4.78, 5) is 21.3. The van der Waals surface area contributed by atoms with Crippen molar-refractivity contribution in [3.05, 3.63) is 107 Å². The second kappa shape index (κ2) is 11.5. The summed E-state index contributed by atoms with van der Waals surface area (Å²) < 4.78 is 2.72. The average molecular weight is 505 g/mol. The van der Waals surface area contributed by atoms with Gasteiger partial charge in [0.2, 0.25) is 0 Å². The maximum atomic E-state index is 12.3. The van der Waals surface area contributed by atoms with Crippen LogP contribution in [0.25, 0.3) is 16.9 Å². The van der Waals surface area contributed by atoms with Crippen molar-refractivity contribution in [2.75, 3.05) is 0 Å². The third-order valence-corrected chi connectivity index (χ3v) is 4.82. The van der Waals surface area contributed by atoms with Crippen LogP contribution in [0.3, 0.4) is 0 Å². The van der Waals surface area contributed by atoms with Crippen LogP contribution in [-0.2, 0) is 4.79 Å². The van der Waals surface area contributed by atoms with Crippen molar-refractivity contribution in [1.29, 1.82) is 0 Å². The van der Waals surface area contributed by atoms with Crippen LogP contribution < -0.4 is 5.43 Å². The molecule has 0 aliphatic rings. The van der Waals surface area contributed by atoms with Gasteiger partial charge in [0, 0.05) is 34.3 Å². The molecule has 0 radical (unpaired) electrons. The Morgan fingerprint density at radius 2 is 1.55 bits per heavy atom. The van der Waals surface area contributed by atoms with E-state index in [0.717, 1.165) is 33.9 Å². The highest BCUT2D eigenvalue weighted by Crippen LogP contribution is 2.22. The van der Waals surface area contributed by atoms with Crippen LogP contribution in [0.1, 0.15) is 22.8 Å². The summed E-state index contributed by atoms with van der Waals surface area (Å²) in [5, 5.41) is 16.3. The second-order valence-electron chi connectivity index (χ2n) is 6.80. The number of carboxylic acid groups (broad SMARTS) is 1. The summed E-state index contributed by atoms with van der Waals surface area (Å²) in [5.41, 5.74) is 6.62. The largest absolute Gasteiger partial charge is 0.481 e. The monoisotopic (exact) mass is 504 g/mol. The van der Waals surface area contributed by atoms with Gasteiger partial charge in [-0.15, -0.1) is 0 Å². The van der Waals surface area contributed by atoms with Crippen molar-refractivity contribution in [2.45, 2.75) is 6.92 Å². The zero-order valence-corrected chi connectivity index (χ0v) is 19.3. The molecule has 0 unspecified atom stereocenters. The first-order chi connectivity index (χ1) is 15.9. The summed E-state index contributed by atoms with van der Waals surface area (Å²) in [6.45, 7) is 1.08. The zero-order valence-electron chi connectivity index (χ0n) is 17.7. The van der Waals surface area contributed by atoms with Crippen molar-refractivity contribution in [2.24, 2.45) is 5.10 Å². The van der Waals surface area contributed by atoms with Crippen LogP contribution in [-0.4, -0.2) is 33.0 Å². The van der Waals surface area contributed by atoms with Gasteiger partial charge in [-0.2, -0.15) is 10.2 Å². The first-order valence-electron chi connectivity index (χ1n) is 9.93. The SMILES string of the molecule is CC(=O)O.O=C(NN=Cc1cn(-c2ccccc2)nc1-c1ccccc1)c1ccc(Br)cc1. The average Bonchev–Trinajstić information content (AvgIpc) is 3.24. The quantitative estimate of drug-likeness (QED) is 0.290. The molecule has 0 spiro atoms. The summed E-state index contributed by atoms with van der Waals surface area (Å²) in [7, 11) is 0. The van der Waals surface area contributed by atoms with Crippen LogP contribution >= 0.6 is 15.9 Å². The molecule has 0 saturated heterocycles. The van der Waals surface area contributed by atoms with Gasteiger partial charge in [0.05, 0.1) is 11.9 Å². The Hall–Kier alpha value is -4.04. The molecule has 4 rings (SSSR count). The van der Waals surface area contributed by atoms with E-state index in [0.29, 0.717) is 5.56 Å². The van der Waals surface area contributed by atoms with E-state index in [1.165, 1.54) is 0 Å². The first kappa shape index (κ1) is 23.6. The predicted octanol–water partition coefficient (Wildman–Crippen LogP) is 5.16. The van der Waals surface area contributed by atoms with Crippen molar-refractivity contribution < 1.29 is 14.7 Å². The van der Waals surface area contributed by atoms with E-state index in [1.54, 1.807) is 23.0 Å². The fourth-order valence-corrected chi connectivity index (χ4v) is 3.11. The number of nitrogens with zero attached hydrogens (tertiary/aromatic N) is 3. The fraction of sp³-hybridized carbons (Fsp3) is 0.0400. The summed E-state index contributed by atoms with van der Waals surface area (Å²) in [6.07, 6.45) is 3.51. The van der Waals surface area contributed by atoms with E-state index in [4.69, 9.17) is 15.0 Å². The maximum Gasteiger partial charge on any atom is 0.300 e. The first-order valence-corrected chi connectivity index (χ1v) is 10.7. The molecule has 0 aliphatic heterocycles. The van der Waals surface area contributed by atoms with Crippen LogP contribution in [0.5, 0.6) is 0 Å². The molecule has 1 amide bonds. The summed E-state index contributed by atoms with van der Waals surface area (Å²) in [5.74, 6) is -1.11. The van der Waals surface area contributed by atoms with Crippen LogP contribution in [0, 0.1) is 0 Å². The van der Waals surface area contributed by atoms with Gasteiger partial charge in [-0.1, -0.05) is 64.5 Å². The van der Waals surface area contributed by atoms with Crippen molar-refractivity contribution in [3.63, 3.8) is 0 Å². The Labute approximate surface area is 199 Å². The number of hydrogen-bond donors (Lipinski definition) is 2. The van der Waals surface area contributed by atoms with Crippen molar-refractivity contribution in [3.8, 4) is 16.9 Å². The Morgan fingerprint density at radius 1 is 0.970 bits per heavy atom. The van der Waals surface area contributed by atoms with Crippen LogP contribution in [0.4, 0.5) is 0 Å². The van der Waals surface area contributed by atoms with Gasteiger partial charge in [-0.25, -0.2) is 10.1 Å². The molecule has 33 heavy (non-hydrogen) atoms. The number of carbonyl (C=O) groups excluding carboxylic acids is 1. The number of aliphatic carboxylic acids is 1. The maximum absolute atomic E-state index is 12.3. The lowest BCUT2D eigenvalue weighted by atomic mass is 10.1. The van der Waals surface area contributed by atoms with E-state index < -0.39 is 5.97 Å². The van der Waals surface area contributed by atoms with Gasteiger partial charge in [0.1, 0.15) is 5.69 Å². The molecule has 1 aromatic heterocycles. The molecule has 8 heteroatoms. The van der Waals surface area contributed by atoms with Gasteiger partial charge >= 0.3 is 0 Å². The number of hydrogen-bond acceptors (Lipinski definition) is 4. The molecule has 7 nitrogen and oxygen atoms in total. The number of hydrazone groups is 1. The molecule has 3 aromatic carbocycles. The minimum absolute atomic E-state index is 0.273. The smallest absolute Gasteiger partial charge is 0.300 e. The number of carboxylic acids is 1. The molecule has 2 N–H and O–H groups in total. The lowest BCUT2D eigenvalue weighted by molar-refractivity contribution is -0.134. The van der Waals surface area contributed by atoms with Gasteiger partial charge in [-0.3, -0.25) is 9.59 Å². The van der Waals surface area contributed by atoms with Gasteiger partial charge < -0.3 is 5.11 Å². The second-order valence-corrected chi connectivity index (χ2v) is 7.72. The number of halogens is 1. The minimum atomic E-state index is -0.833. The normalized spacial score (nSPS) is 10.4. The molecule has 0 fully saturated rings. The number of nitrogens with one attached hydrogen (secondary N) is 1. The number of carbonyl (C=O) groups is 2. The molecule has 0 bridgehead atoms. The lowest BCUT2D eigenvalue weighted by Crippen LogP contribution is -2.17. The molecule has 1 heterocycles. The highest BCUT2D eigenvalue weighted by molar-refractivity contribution is 9.10. The van der Waals surface area contributed by atoms with Gasteiger partial charge in [-0.05, 0) is 36.4 Å². The van der Waals surface area contributed by atoms with E-state index in [1.807, 2.05) is 79.0 Å². The highest BCUT2D eigenvalue weighted by Gasteiger charge is 2.11. The Balaban J connectivity index is 0.000000709. The Morgan fingerprint density at radius 3 is 2.15 bits per heavy atom. The molecular weight excluding hydrogens is 484 g/mol. The Bertz CT molecular complexity index is 1230. The van der Waals surface area contributed by atoms with E-state index in [9.17, 15) is 4.79 Å². The van der Waals surface area contributed by atoms with Crippen molar-refractivity contribution >= 4 is 34.0 Å². The topological polar surface area (TPSA) is 96.6 Å². The predicted molar refractivity (Wildman–Crippen MR) is 132 cm³/mol. The minimum Gasteiger partial charge on any atom is -0.481 e. The molecule has 0 atom stereocenters. The highest BCUT2D eigenvalue weighted by atomic mass is 79.9. The summed E-state index contributed by atoms with van der Waals surface area (Å²) >= 11 is 3.36. The van der Waals surface area contributed by atoms with Crippen LogP contribution in [0.15, 0.2) is 101 Å². The lowest BCUT2D eigenvalue weighted by Gasteiger charge is -2.00. The van der Waals surface area contributed by atoms with Gasteiger partial charge in [0.25, 0.3) is 11.9 Å². The van der Waals surface area contributed by atoms with E-state index in [2.05, 4.69) is 26.5 Å². The van der Waals surface area contributed by atoms with Crippen molar-refractivity contribution in [1.82, 2.24) is 15.2 Å². The number of aromatic nitrogens is 2. The molecule has 4 aromatic rings. The Kier molecular flexibility index (Phi) is 8.26. The fourth-order valence-electron chi connectivity index (χ4n) is 2.84. The molecule has 166 valence electrons. The van der Waals surface area contributed by atoms with E-state index >= 15 is 0 Å². The number of benzene rings is 3. The molecule has 0 aliphatic carbocycles.